The Morgan fingerprint density at radius 3 is 1.72 bits per heavy atom. The van der Waals surface area contributed by atoms with Gasteiger partial charge < -0.3 is 0 Å². The molecule has 1 N–H and O–H groups in total. The Morgan fingerprint density at radius 2 is 1.28 bits per heavy atom. The first-order valence-corrected chi connectivity index (χ1v) is 10.7. The molecule has 2 amide bonds. The third-order valence-corrected chi connectivity index (χ3v) is 5.10. The number of carbonyl (C=O) groups is 2. The maximum atomic E-state index is 11.4. The summed E-state index contributed by atoms with van der Waals surface area (Å²) < 4.78 is 0. The summed E-state index contributed by atoms with van der Waals surface area (Å²) in [6.45, 7) is 2.27. The Bertz CT molecular complexity index is 389. The summed E-state index contributed by atoms with van der Waals surface area (Å²) in [5.41, 5.74) is 0. The highest BCUT2D eigenvalue weighted by molar-refractivity contribution is 6.04. The molecule has 1 fully saturated rings. The zero-order valence-corrected chi connectivity index (χ0v) is 16.4. The third-order valence-electron chi connectivity index (χ3n) is 5.10. The van der Waals surface area contributed by atoms with Gasteiger partial charge in [-0.25, -0.2) is 0 Å². The zero-order valence-electron chi connectivity index (χ0n) is 16.4. The lowest BCUT2D eigenvalue weighted by Gasteiger charge is -2.03. The average molecular weight is 350 g/mol. The molecule has 0 aromatic heterocycles. The molecule has 0 spiro atoms. The maximum absolute atomic E-state index is 11.4. The lowest BCUT2D eigenvalue weighted by Crippen LogP contribution is -2.21. The Morgan fingerprint density at radius 1 is 0.800 bits per heavy atom. The highest BCUT2D eigenvalue weighted by Gasteiger charge is 2.27. The molecule has 1 atom stereocenters. The molecule has 0 bridgehead atoms. The Labute approximate surface area is 155 Å². The first-order chi connectivity index (χ1) is 12.2. The third kappa shape index (κ3) is 12.0. The van der Waals surface area contributed by atoms with E-state index < -0.39 is 0 Å². The van der Waals surface area contributed by atoms with Gasteiger partial charge in [-0.3, -0.25) is 14.9 Å². The van der Waals surface area contributed by atoms with E-state index in [4.69, 9.17) is 0 Å². The van der Waals surface area contributed by atoms with E-state index in [1.54, 1.807) is 0 Å². The van der Waals surface area contributed by atoms with Gasteiger partial charge in [0.25, 0.3) is 0 Å². The topological polar surface area (TPSA) is 46.2 Å². The molecule has 144 valence electrons. The molecule has 1 heterocycles. The molecule has 0 saturated carbocycles. The second kappa shape index (κ2) is 15.2. The van der Waals surface area contributed by atoms with E-state index in [1.165, 1.54) is 89.9 Å². The number of amides is 2. The van der Waals surface area contributed by atoms with Gasteiger partial charge in [-0.05, 0) is 12.8 Å². The van der Waals surface area contributed by atoms with Crippen molar-refractivity contribution < 1.29 is 9.59 Å². The quantitative estimate of drug-likeness (QED) is 0.209. The van der Waals surface area contributed by atoms with E-state index in [2.05, 4.69) is 18.3 Å². The average Bonchev–Trinajstić information content (AvgIpc) is 2.92. The molecule has 3 nitrogen and oxygen atoms in total. The Kier molecular flexibility index (Phi) is 13.3. The second-order valence-electron chi connectivity index (χ2n) is 7.54. The predicted octanol–water partition coefficient (Wildman–Crippen LogP) is 6.08. The van der Waals surface area contributed by atoms with Crippen LogP contribution in [0, 0.1) is 5.92 Å². The lowest BCUT2D eigenvalue weighted by molar-refractivity contribution is -0.125. The van der Waals surface area contributed by atoms with Crippen molar-refractivity contribution in [2.24, 2.45) is 5.92 Å². The summed E-state index contributed by atoms with van der Waals surface area (Å²) in [4.78, 5) is 22.5. The molecule has 0 aromatic carbocycles. The van der Waals surface area contributed by atoms with Crippen molar-refractivity contribution in [1.29, 1.82) is 0 Å². The molecule has 0 aliphatic carbocycles. The van der Waals surface area contributed by atoms with Gasteiger partial charge in [0.15, 0.2) is 0 Å². The Balaban J connectivity index is 1.77. The molecule has 0 radical (unpaired) electrons. The number of rotatable bonds is 16. The molecular weight excluding hydrogens is 310 g/mol. The van der Waals surface area contributed by atoms with Crippen molar-refractivity contribution in [1.82, 2.24) is 5.32 Å². The van der Waals surface area contributed by atoms with Crippen molar-refractivity contribution in [2.75, 3.05) is 0 Å². The molecule has 3 heteroatoms. The number of imide groups is 1. The van der Waals surface area contributed by atoms with Crippen molar-refractivity contribution in [3.63, 3.8) is 0 Å². The van der Waals surface area contributed by atoms with Crippen LogP contribution in [0.1, 0.15) is 110 Å². The van der Waals surface area contributed by atoms with Crippen LogP contribution in [0.4, 0.5) is 0 Å². The largest absolute Gasteiger partial charge is 0.296 e. The highest BCUT2D eigenvalue weighted by Crippen LogP contribution is 2.15. The Hall–Kier alpha value is -1.12. The van der Waals surface area contributed by atoms with E-state index in [9.17, 15) is 9.59 Å². The van der Waals surface area contributed by atoms with Crippen molar-refractivity contribution >= 4 is 11.8 Å². The lowest BCUT2D eigenvalue weighted by atomic mass is 10.0. The molecule has 1 unspecified atom stereocenters. The van der Waals surface area contributed by atoms with Gasteiger partial charge in [0.05, 0.1) is 5.92 Å². The van der Waals surface area contributed by atoms with Crippen molar-refractivity contribution in [3.8, 4) is 0 Å². The fourth-order valence-electron chi connectivity index (χ4n) is 3.45. The summed E-state index contributed by atoms with van der Waals surface area (Å²) in [6, 6.07) is 0. The number of nitrogens with one attached hydrogen (secondary N) is 1. The van der Waals surface area contributed by atoms with Gasteiger partial charge in [-0.2, -0.15) is 0 Å². The molecular formula is C22H39NO2. The van der Waals surface area contributed by atoms with Crippen LogP contribution < -0.4 is 5.32 Å². The van der Waals surface area contributed by atoms with Crippen molar-refractivity contribution in [3.05, 3.63) is 12.2 Å². The standard InChI is InChI=1S/C22H39NO2/c1-2-3-4-5-6-7-8-9-10-11-12-13-14-15-16-17-18-20-19-21(24)23-22(20)25/h17-18,20H,2-16,19H2,1H3,(H,23,24,25)/b18-17+. The van der Waals surface area contributed by atoms with Crippen LogP contribution in [0.2, 0.25) is 0 Å². The molecule has 1 rings (SSSR count). The summed E-state index contributed by atoms with van der Waals surface area (Å²) in [5, 5.41) is 2.34. The smallest absolute Gasteiger partial charge is 0.233 e. The van der Waals surface area contributed by atoms with Crippen LogP contribution in [0.3, 0.4) is 0 Å². The number of hydrogen-bond donors (Lipinski definition) is 1. The fraction of sp³-hybridized carbons (Fsp3) is 0.818. The van der Waals surface area contributed by atoms with Gasteiger partial charge in [0, 0.05) is 6.42 Å². The van der Waals surface area contributed by atoms with Gasteiger partial charge in [0.1, 0.15) is 0 Å². The van der Waals surface area contributed by atoms with Crippen LogP contribution in [0.15, 0.2) is 12.2 Å². The van der Waals surface area contributed by atoms with Crippen LogP contribution in [-0.4, -0.2) is 11.8 Å². The van der Waals surface area contributed by atoms with Crippen molar-refractivity contribution in [2.45, 2.75) is 110 Å². The molecule has 0 aromatic rings. The molecule has 1 aliphatic rings. The van der Waals surface area contributed by atoms with Gasteiger partial charge in [-0.15, -0.1) is 0 Å². The number of carbonyl (C=O) groups excluding carboxylic acids is 2. The van der Waals surface area contributed by atoms with E-state index in [0.29, 0.717) is 6.42 Å². The second-order valence-corrected chi connectivity index (χ2v) is 7.54. The SMILES string of the molecule is CCCCCCCCCCCCCCCC/C=C/C1CC(=O)NC1=O. The first kappa shape index (κ1) is 21.9. The molecule has 25 heavy (non-hydrogen) atoms. The zero-order chi connectivity index (χ0) is 18.2. The number of allylic oxidation sites excluding steroid dienone is 1. The minimum Gasteiger partial charge on any atom is -0.296 e. The summed E-state index contributed by atoms with van der Waals surface area (Å²) in [5.74, 6) is -0.502. The van der Waals surface area contributed by atoms with Gasteiger partial charge in [-0.1, -0.05) is 103 Å². The normalized spacial score (nSPS) is 17.6. The minimum absolute atomic E-state index is 0.137. The highest BCUT2D eigenvalue weighted by atomic mass is 16.2. The summed E-state index contributed by atoms with van der Waals surface area (Å²) in [6.07, 6.45) is 24.6. The maximum Gasteiger partial charge on any atom is 0.233 e. The van der Waals surface area contributed by atoms with E-state index in [-0.39, 0.29) is 17.7 Å². The van der Waals surface area contributed by atoms with Crippen LogP contribution in [0.5, 0.6) is 0 Å². The first-order valence-electron chi connectivity index (χ1n) is 10.7. The van der Waals surface area contributed by atoms with E-state index in [1.807, 2.05) is 6.08 Å². The minimum atomic E-state index is -0.223. The van der Waals surface area contributed by atoms with Crippen LogP contribution >= 0.6 is 0 Å². The van der Waals surface area contributed by atoms with Gasteiger partial charge in [0.2, 0.25) is 11.8 Å². The van der Waals surface area contributed by atoms with E-state index >= 15 is 0 Å². The molecule has 1 saturated heterocycles. The van der Waals surface area contributed by atoms with Crippen LogP contribution in [0.25, 0.3) is 0 Å². The number of hydrogen-bond acceptors (Lipinski definition) is 2. The number of unbranched alkanes of at least 4 members (excludes halogenated alkanes) is 14. The van der Waals surface area contributed by atoms with E-state index in [0.717, 1.165) is 6.42 Å². The van der Waals surface area contributed by atoms with Crippen LogP contribution in [-0.2, 0) is 9.59 Å². The summed E-state index contributed by atoms with van der Waals surface area (Å²) in [7, 11) is 0. The fourth-order valence-corrected chi connectivity index (χ4v) is 3.45. The predicted molar refractivity (Wildman–Crippen MR) is 105 cm³/mol. The molecule has 1 aliphatic heterocycles. The summed E-state index contributed by atoms with van der Waals surface area (Å²) >= 11 is 0. The monoisotopic (exact) mass is 349 g/mol. The van der Waals surface area contributed by atoms with Gasteiger partial charge >= 0.3 is 0 Å².